The summed E-state index contributed by atoms with van der Waals surface area (Å²) >= 11 is 0. The fourth-order valence-corrected chi connectivity index (χ4v) is 4.86. The van der Waals surface area contributed by atoms with Gasteiger partial charge in [-0.25, -0.2) is 0 Å². The Balaban J connectivity index is 0.00000337. The average Bonchev–Trinajstić information content (AvgIpc) is 2.92. The molecule has 0 saturated carbocycles. The predicted molar refractivity (Wildman–Crippen MR) is 159 cm³/mol. The van der Waals surface area contributed by atoms with Crippen LogP contribution in [-0.4, -0.2) is 46.4 Å². The van der Waals surface area contributed by atoms with Gasteiger partial charge in [-0.3, -0.25) is 9.11 Å². The van der Waals surface area contributed by atoms with E-state index in [4.69, 9.17) is 0 Å². The van der Waals surface area contributed by atoms with Crippen molar-refractivity contribution in [3.63, 3.8) is 0 Å². The van der Waals surface area contributed by atoms with Crippen LogP contribution in [0.3, 0.4) is 0 Å². The van der Waals surface area contributed by atoms with Crippen LogP contribution in [0.1, 0.15) is 11.1 Å². The molecule has 16 nitrogen and oxygen atoms in total. The number of rotatable bonds is 8. The van der Waals surface area contributed by atoms with Gasteiger partial charge in [-0.05, 0) is 59.7 Å². The van der Waals surface area contributed by atoms with Gasteiger partial charge >= 0.3 is 0 Å². The Labute approximate surface area is 250 Å². The highest BCUT2D eigenvalue weighted by atomic mass is 32.2. The first-order valence-corrected chi connectivity index (χ1v) is 14.4. The lowest BCUT2D eigenvalue weighted by Crippen LogP contribution is -2.01. The third-order valence-electron chi connectivity index (χ3n) is 5.47. The second-order valence-electron chi connectivity index (χ2n) is 8.47. The first-order valence-electron chi connectivity index (χ1n) is 11.5. The molecule has 0 atom stereocenters. The molecule has 232 valence electrons. The monoisotopic (exact) mass is 646 g/mol. The van der Waals surface area contributed by atoms with Gasteiger partial charge in [-0.15, -0.1) is 0 Å². The maximum Gasteiger partial charge on any atom is 0.295 e. The standard InChI is InChI=1S/C26H20N4O10S2.2H3N/c31-21-9-7-17(11-23(21)33)27-29-19-5-3-15(25(13-19)41(35,36)37)1-2-16-4-6-20(14-26(16)42(38,39)40)30-28-18-8-10-22(32)24(34)12-18;;/h1-14,31-34H,(H,35,36,37)(H,38,39,40);2*1H3/b2-1+,29-27+,30-28+;;. The summed E-state index contributed by atoms with van der Waals surface area (Å²) in [6.07, 6.45) is 2.37. The van der Waals surface area contributed by atoms with Crippen molar-refractivity contribution in [3.05, 3.63) is 83.9 Å². The Hall–Kier alpha value is -5.24. The van der Waals surface area contributed by atoms with Gasteiger partial charge in [0, 0.05) is 12.1 Å². The van der Waals surface area contributed by atoms with Crippen LogP contribution in [0, 0.1) is 0 Å². The third kappa shape index (κ3) is 8.64. The fourth-order valence-electron chi connectivity index (χ4n) is 3.45. The molecular weight excluding hydrogens is 620 g/mol. The predicted octanol–water partition coefficient (Wildman–Crippen LogP) is 6.33. The second kappa shape index (κ2) is 13.8. The van der Waals surface area contributed by atoms with Crippen molar-refractivity contribution in [1.29, 1.82) is 0 Å². The molecule has 0 radical (unpaired) electrons. The van der Waals surface area contributed by atoms with Gasteiger partial charge in [-0.1, -0.05) is 24.3 Å². The minimum absolute atomic E-state index is 0. The molecule has 0 fully saturated rings. The zero-order valence-electron chi connectivity index (χ0n) is 22.4. The number of hydrogen-bond donors (Lipinski definition) is 8. The number of nitrogens with zero attached hydrogens (tertiary/aromatic N) is 4. The quantitative estimate of drug-likeness (QED) is 0.0450. The molecular formula is C26H26N6O10S2. The number of azo groups is 2. The van der Waals surface area contributed by atoms with Crippen molar-refractivity contribution in [2.45, 2.75) is 9.79 Å². The SMILES string of the molecule is N.N.O=S(=O)(O)c1cc(/N=N/c2ccc(O)c(O)c2)ccc1/C=C/c1ccc(/N=N/c2ccc(O)c(O)c2)cc1S(=O)(=O)O. The lowest BCUT2D eigenvalue weighted by molar-refractivity contribution is 0.404. The molecule has 4 aromatic carbocycles. The Kier molecular flexibility index (Phi) is 11.0. The highest BCUT2D eigenvalue weighted by Gasteiger charge is 2.18. The molecule has 4 rings (SSSR count). The van der Waals surface area contributed by atoms with E-state index in [1.54, 1.807) is 0 Å². The smallest absolute Gasteiger partial charge is 0.295 e. The van der Waals surface area contributed by atoms with Gasteiger partial charge in [0.05, 0.1) is 22.7 Å². The number of hydrogen-bond acceptors (Lipinski definition) is 14. The van der Waals surface area contributed by atoms with Crippen LogP contribution in [-0.2, 0) is 20.2 Å². The van der Waals surface area contributed by atoms with Gasteiger partial charge in [0.2, 0.25) is 0 Å². The average molecular weight is 647 g/mol. The Morgan fingerprint density at radius 2 is 0.750 bits per heavy atom. The van der Waals surface area contributed by atoms with Crippen LogP contribution >= 0.6 is 0 Å². The molecule has 12 N–H and O–H groups in total. The van der Waals surface area contributed by atoms with Gasteiger partial charge < -0.3 is 32.7 Å². The van der Waals surface area contributed by atoms with Gasteiger partial charge in [0.1, 0.15) is 9.79 Å². The van der Waals surface area contributed by atoms with Gasteiger partial charge in [0.25, 0.3) is 20.2 Å². The molecule has 0 aromatic heterocycles. The summed E-state index contributed by atoms with van der Waals surface area (Å²) in [5.74, 6) is -1.62. The van der Waals surface area contributed by atoms with Crippen molar-refractivity contribution in [3.8, 4) is 23.0 Å². The normalized spacial score (nSPS) is 12.0. The molecule has 0 heterocycles. The van der Waals surface area contributed by atoms with Crippen LogP contribution in [0.2, 0.25) is 0 Å². The highest BCUT2D eigenvalue weighted by Crippen LogP contribution is 2.33. The number of aromatic hydroxyl groups is 4. The van der Waals surface area contributed by atoms with Crippen LogP contribution in [0.4, 0.5) is 22.7 Å². The fraction of sp³-hybridized carbons (Fsp3) is 0. The van der Waals surface area contributed by atoms with Crippen LogP contribution in [0.25, 0.3) is 12.2 Å². The van der Waals surface area contributed by atoms with E-state index >= 15 is 0 Å². The van der Waals surface area contributed by atoms with E-state index in [9.17, 15) is 46.4 Å². The Bertz CT molecular complexity index is 1850. The Morgan fingerprint density at radius 1 is 0.455 bits per heavy atom. The number of phenols is 4. The minimum atomic E-state index is -4.79. The summed E-state index contributed by atoms with van der Waals surface area (Å²) in [7, 11) is -9.59. The maximum absolute atomic E-state index is 12.1. The molecule has 0 aliphatic carbocycles. The van der Waals surface area contributed by atoms with Crippen molar-refractivity contribution < 1.29 is 46.4 Å². The van der Waals surface area contributed by atoms with E-state index < -0.39 is 41.5 Å². The van der Waals surface area contributed by atoms with Crippen LogP contribution in [0.5, 0.6) is 23.0 Å². The third-order valence-corrected chi connectivity index (χ3v) is 7.29. The summed E-state index contributed by atoms with van der Waals surface area (Å²) < 4.78 is 67.8. The van der Waals surface area contributed by atoms with Crippen molar-refractivity contribution in [2.24, 2.45) is 20.5 Å². The van der Waals surface area contributed by atoms with E-state index in [-0.39, 0.29) is 57.7 Å². The van der Waals surface area contributed by atoms with Crippen LogP contribution < -0.4 is 12.3 Å². The number of phenolic OH excluding ortho intramolecular Hbond substituents is 4. The molecule has 0 spiro atoms. The lowest BCUT2D eigenvalue weighted by Gasteiger charge is -2.06. The highest BCUT2D eigenvalue weighted by molar-refractivity contribution is 7.86. The topological polar surface area (TPSA) is 309 Å². The van der Waals surface area contributed by atoms with Gasteiger partial charge in [-0.2, -0.15) is 37.3 Å². The summed E-state index contributed by atoms with van der Waals surface area (Å²) in [4.78, 5) is -1.17. The zero-order valence-corrected chi connectivity index (χ0v) is 24.1. The van der Waals surface area contributed by atoms with Crippen molar-refractivity contribution in [2.75, 3.05) is 0 Å². The summed E-state index contributed by atoms with van der Waals surface area (Å²) in [6.45, 7) is 0. The molecule has 0 aliphatic heterocycles. The first kappa shape index (κ1) is 35.0. The van der Waals surface area contributed by atoms with Gasteiger partial charge in [0.15, 0.2) is 23.0 Å². The Morgan fingerprint density at radius 3 is 1.05 bits per heavy atom. The molecule has 0 aliphatic rings. The second-order valence-corrected chi connectivity index (χ2v) is 11.3. The first-order chi connectivity index (χ1) is 19.7. The van der Waals surface area contributed by atoms with Crippen molar-refractivity contribution in [1.82, 2.24) is 12.3 Å². The molecule has 0 bridgehead atoms. The lowest BCUT2D eigenvalue weighted by atomic mass is 10.1. The molecule has 0 unspecified atom stereocenters. The summed E-state index contributed by atoms with van der Waals surface area (Å²) in [6, 6.07) is 14.6. The minimum Gasteiger partial charge on any atom is -0.504 e. The number of benzene rings is 4. The zero-order chi connectivity index (χ0) is 30.7. The molecule has 4 aromatic rings. The van der Waals surface area contributed by atoms with Crippen molar-refractivity contribution >= 4 is 55.1 Å². The summed E-state index contributed by atoms with van der Waals surface area (Å²) in [5, 5.41) is 53.3. The molecule has 0 saturated heterocycles. The molecule has 18 heteroatoms. The van der Waals surface area contributed by atoms with E-state index in [0.717, 1.165) is 24.3 Å². The van der Waals surface area contributed by atoms with E-state index in [1.807, 2.05) is 0 Å². The largest absolute Gasteiger partial charge is 0.504 e. The van der Waals surface area contributed by atoms with E-state index in [0.29, 0.717) is 0 Å². The summed E-state index contributed by atoms with van der Waals surface area (Å²) in [5.41, 5.74) is 0.173. The maximum atomic E-state index is 12.1. The molecule has 0 amide bonds. The molecule has 44 heavy (non-hydrogen) atoms. The van der Waals surface area contributed by atoms with E-state index in [2.05, 4.69) is 20.5 Å². The van der Waals surface area contributed by atoms with Crippen LogP contribution in [0.15, 0.2) is 103 Å². The van der Waals surface area contributed by atoms with E-state index in [1.165, 1.54) is 60.7 Å².